The van der Waals surface area contributed by atoms with Gasteiger partial charge in [-0.15, -0.1) is 0 Å². The minimum absolute atomic E-state index is 0.465. The zero-order valence-corrected chi connectivity index (χ0v) is 22.2. The second-order valence-corrected chi connectivity index (χ2v) is 10.9. The second kappa shape index (κ2) is 9.74. The molecule has 4 aromatic rings. The largest absolute Gasteiger partial charge is 0.220 e. The second-order valence-electron chi connectivity index (χ2n) is 10.9. The lowest BCUT2D eigenvalue weighted by Crippen LogP contribution is -2.31. The Morgan fingerprint density at radius 3 is 2.00 bits per heavy atom. The van der Waals surface area contributed by atoms with Gasteiger partial charge in [0.25, 0.3) is 0 Å². The first-order chi connectivity index (χ1) is 16.2. The van der Waals surface area contributed by atoms with E-state index in [1.54, 1.807) is 0 Å². The predicted molar refractivity (Wildman–Crippen MR) is 147 cm³/mol. The van der Waals surface area contributed by atoms with E-state index in [9.17, 15) is 0 Å². The maximum absolute atomic E-state index is 2.43. The van der Waals surface area contributed by atoms with Crippen LogP contribution in [0.1, 0.15) is 70.1 Å². The van der Waals surface area contributed by atoms with Crippen LogP contribution >= 0.6 is 0 Å². The quantitative estimate of drug-likeness (QED) is 0.258. The van der Waals surface area contributed by atoms with Gasteiger partial charge in [0.05, 0.1) is 10.9 Å². The van der Waals surface area contributed by atoms with Crippen LogP contribution in [0.4, 0.5) is 0 Å². The third-order valence-corrected chi connectivity index (χ3v) is 7.41. The third-order valence-electron chi connectivity index (χ3n) is 7.41. The average Bonchev–Trinajstić information content (AvgIpc) is 2.79. The van der Waals surface area contributed by atoms with Crippen LogP contribution in [0.15, 0.2) is 72.9 Å². The molecule has 0 saturated heterocycles. The molecule has 1 aromatic heterocycles. The highest BCUT2D eigenvalue weighted by molar-refractivity contribution is 5.95. The van der Waals surface area contributed by atoms with Gasteiger partial charge >= 0.3 is 0 Å². The lowest BCUT2D eigenvalue weighted by atomic mass is 9.79. The van der Waals surface area contributed by atoms with Crippen molar-refractivity contribution in [1.29, 1.82) is 0 Å². The summed E-state index contributed by atoms with van der Waals surface area (Å²) in [6, 6.07) is 25.0. The fraction of sp³-hybridized carbons (Fsp3) is 0.364. The molecule has 0 bridgehead atoms. The molecule has 0 unspecified atom stereocenters. The fourth-order valence-electron chi connectivity index (χ4n) is 5.85. The summed E-state index contributed by atoms with van der Waals surface area (Å²) in [7, 11) is 2.18. The summed E-state index contributed by atoms with van der Waals surface area (Å²) in [5.41, 5.74) is 9.44. The van der Waals surface area contributed by atoms with Crippen LogP contribution < -0.4 is 4.57 Å². The zero-order chi connectivity index (χ0) is 24.6. The van der Waals surface area contributed by atoms with Gasteiger partial charge in [-0.25, -0.2) is 4.57 Å². The summed E-state index contributed by atoms with van der Waals surface area (Å²) >= 11 is 0. The van der Waals surface area contributed by atoms with Crippen molar-refractivity contribution < 1.29 is 4.57 Å². The maximum Gasteiger partial charge on any atom is 0.220 e. The SMILES string of the molecule is Cc1c(-c2c3ccc(C(C(C)C)C(C)C)cc3cc[n+]2C)cc(-c2ccccc2)cc1C(C)C. The van der Waals surface area contributed by atoms with Crippen LogP contribution in [0.5, 0.6) is 0 Å². The Balaban J connectivity index is 1.97. The molecule has 0 fully saturated rings. The molecular weight excluding hydrogens is 410 g/mol. The molecule has 4 rings (SSSR count). The van der Waals surface area contributed by atoms with Crippen molar-refractivity contribution in [2.45, 2.75) is 60.3 Å². The van der Waals surface area contributed by atoms with E-state index in [0.717, 1.165) is 0 Å². The van der Waals surface area contributed by atoms with E-state index in [2.05, 4.69) is 133 Å². The topological polar surface area (TPSA) is 3.88 Å². The fourth-order valence-corrected chi connectivity index (χ4v) is 5.85. The van der Waals surface area contributed by atoms with Gasteiger partial charge < -0.3 is 0 Å². The van der Waals surface area contributed by atoms with Gasteiger partial charge in [0, 0.05) is 6.07 Å². The van der Waals surface area contributed by atoms with Crippen LogP contribution in [-0.2, 0) is 7.05 Å². The Labute approximate surface area is 206 Å². The van der Waals surface area contributed by atoms with Crippen molar-refractivity contribution >= 4 is 10.8 Å². The van der Waals surface area contributed by atoms with Crippen LogP contribution in [0.25, 0.3) is 33.2 Å². The predicted octanol–water partition coefficient (Wildman–Crippen LogP) is 8.83. The number of hydrogen-bond donors (Lipinski definition) is 0. The van der Waals surface area contributed by atoms with Crippen molar-refractivity contribution in [3.05, 3.63) is 89.6 Å². The summed E-state index contributed by atoms with van der Waals surface area (Å²) in [4.78, 5) is 0. The maximum atomic E-state index is 2.43. The highest BCUT2D eigenvalue weighted by Crippen LogP contribution is 2.38. The van der Waals surface area contributed by atoms with Crippen molar-refractivity contribution in [3.8, 4) is 22.4 Å². The standard InChI is InChI=1S/C33H40N/c1-21(2)30-19-28(25-12-10-9-11-13-25)20-31(24(30)7)33-29-15-14-27(32(22(3)4)23(5)6)18-26(29)16-17-34(33)8/h9-23,32H,1-8H3/q+1. The van der Waals surface area contributed by atoms with Gasteiger partial charge in [0.15, 0.2) is 6.20 Å². The highest BCUT2D eigenvalue weighted by atomic mass is 14.9. The number of aromatic nitrogens is 1. The van der Waals surface area contributed by atoms with Crippen molar-refractivity contribution in [1.82, 2.24) is 0 Å². The van der Waals surface area contributed by atoms with Crippen LogP contribution in [0, 0.1) is 18.8 Å². The number of fused-ring (bicyclic) bond motifs is 1. The molecule has 3 aromatic carbocycles. The molecule has 0 saturated carbocycles. The number of hydrogen-bond acceptors (Lipinski definition) is 0. The molecule has 1 heterocycles. The molecule has 0 atom stereocenters. The van der Waals surface area contributed by atoms with Gasteiger partial charge in [-0.05, 0) is 75.9 Å². The normalized spacial score (nSPS) is 12.0. The Morgan fingerprint density at radius 1 is 0.706 bits per heavy atom. The Kier molecular flexibility index (Phi) is 6.94. The summed E-state index contributed by atoms with van der Waals surface area (Å²) in [6.45, 7) is 16.3. The van der Waals surface area contributed by atoms with Crippen LogP contribution in [0.3, 0.4) is 0 Å². The van der Waals surface area contributed by atoms with E-state index < -0.39 is 0 Å². The molecule has 0 radical (unpaired) electrons. The van der Waals surface area contributed by atoms with Gasteiger partial charge in [0.2, 0.25) is 5.69 Å². The molecule has 0 aliphatic heterocycles. The first-order valence-corrected chi connectivity index (χ1v) is 12.8. The molecule has 0 N–H and O–H groups in total. The number of benzene rings is 3. The first kappa shape index (κ1) is 24.2. The van der Waals surface area contributed by atoms with Crippen molar-refractivity contribution in [3.63, 3.8) is 0 Å². The van der Waals surface area contributed by atoms with E-state index in [4.69, 9.17) is 0 Å². The van der Waals surface area contributed by atoms with Crippen molar-refractivity contribution in [2.24, 2.45) is 18.9 Å². The summed E-state index contributed by atoms with van der Waals surface area (Å²) in [6.07, 6.45) is 2.23. The van der Waals surface area contributed by atoms with Gasteiger partial charge in [-0.1, -0.05) is 90.1 Å². The van der Waals surface area contributed by atoms with Crippen molar-refractivity contribution in [2.75, 3.05) is 0 Å². The van der Waals surface area contributed by atoms with E-state index in [-0.39, 0.29) is 0 Å². The number of aryl methyl sites for hydroxylation is 1. The van der Waals surface area contributed by atoms with E-state index in [0.29, 0.717) is 23.7 Å². The number of pyridine rings is 1. The third kappa shape index (κ3) is 4.53. The molecule has 0 amide bonds. The lowest BCUT2D eigenvalue weighted by molar-refractivity contribution is -0.659. The zero-order valence-electron chi connectivity index (χ0n) is 22.2. The van der Waals surface area contributed by atoms with E-state index in [1.807, 2.05) is 0 Å². The Bertz CT molecular complexity index is 1290. The first-order valence-electron chi connectivity index (χ1n) is 12.8. The van der Waals surface area contributed by atoms with Crippen LogP contribution in [-0.4, -0.2) is 0 Å². The van der Waals surface area contributed by atoms with Gasteiger partial charge in [-0.2, -0.15) is 0 Å². The number of nitrogens with zero attached hydrogens (tertiary/aromatic N) is 1. The number of rotatable bonds is 6. The Hall–Kier alpha value is -2.93. The average molecular weight is 451 g/mol. The molecule has 34 heavy (non-hydrogen) atoms. The molecule has 0 aliphatic carbocycles. The monoisotopic (exact) mass is 450 g/mol. The molecule has 176 valence electrons. The summed E-state index contributed by atoms with van der Waals surface area (Å²) in [5.74, 6) is 2.27. The lowest BCUT2D eigenvalue weighted by Gasteiger charge is -2.25. The molecular formula is C33H40N+. The molecule has 1 heteroatoms. The van der Waals surface area contributed by atoms with Crippen LogP contribution in [0.2, 0.25) is 0 Å². The van der Waals surface area contributed by atoms with E-state index in [1.165, 1.54) is 49.8 Å². The van der Waals surface area contributed by atoms with Gasteiger partial charge in [0.1, 0.15) is 7.05 Å². The molecule has 0 aliphatic rings. The molecule has 1 nitrogen and oxygen atoms in total. The summed E-state index contributed by atoms with van der Waals surface area (Å²) in [5, 5.41) is 2.65. The minimum Gasteiger partial charge on any atom is -0.200 e. The van der Waals surface area contributed by atoms with Gasteiger partial charge in [-0.3, -0.25) is 0 Å². The van der Waals surface area contributed by atoms with E-state index >= 15 is 0 Å². The smallest absolute Gasteiger partial charge is 0.200 e. The highest BCUT2D eigenvalue weighted by Gasteiger charge is 2.24. The minimum atomic E-state index is 0.465. The summed E-state index contributed by atoms with van der Waals surface area (Å²) < 4.78 is 2.30. The Morgan fingerprint density at radius 2 is 1.38 bits per heavy atom. The molecule has 0 spiro atoms.